The van der Waals surface area contributed by atoms with E-state index in [1.54, 1.807) is 13.0 Å². The van der Waals surface area contributed by atoms with Crippen LogP contribution in [0.2, 0.25) is 0 Å². The van der Waals surface area contributed by atoms with Crippen LogP contribution in [0.15, 0.2) is 36.7 Å². The predicted octanol–water partition coefficient (Wildman–Crippen LogP) is 3.30. The van der Waals surface area contributed by atoms with Crippen molar-refractivity contribution in [1.29, 1.82) is 0 Å². The number of imidazole rings is 1. The normalized spacial score (nSPS) is 12.2. The molecule has 0 spiro atoms. The number of nitrogen functional groups attached to an aromatic ring is 1. The van der Waals surface area contributed by atoms with Crippen molar-refractivity contribution in [3.63, 3.8) is 0 Å². The van der Waals surface area contributed by atoms with Crippen molar-refractivity contribution in [3.05, 3.63) is 48.0 Å². The summed E-state index contributed by atoms with van der Waals surface area (Å²) in [5, 5.41) is 5.75. The molecule has 0 saturated heterocycles. The molecule has 1 aromatic carbocycles. The lowest BCUT2D eigenvalue weighted by Crippen LogP contribution is -2.39. The number of alkyl halides is 3. The highest BCUT2D eigenvalue weighted by atomic mass is 19.4. The summed E-state index contributed by atoms with van der Waals surface area (Å²) in [6, 6.07) is 3.38. The van der Waals surface area contributed by atoms with Gasteiger partial charge < -0.3 is 30.8 Å². The maximum absolute atomic E-state index is 14.9. The van der Waals surface area contributed by atoms with Gasteiger partial charge in [-0.15, -0.1) is 0 Å². The third-order valence-corrected chi connectivity index (χ3v) is 5.62. The predicted molar refractivity (Wildman–Crippen MR) is 140 cm³/mol. The zero-order valence-electron chi connectivity index (χ0n) is 22.0. The number of H-pyrrole nitrogens is 1. The summed E-state index contributed by atoms with van der Waals surface area (Å²) in [5.41, 5.74) is 5.28. The number of aromatic amines is 1. The topological polar surface area (TPSA) is 166 Å². The van der Waals surface area contributed by atoms with Crippen molar-refractivity contribution in [3.8, 4) is 40.0 Å². The first kappa shape index (κ1) is 29.1. The van der Waals surface area contributed by atoms with Crippen LogP contribution in [0.25, 0.3) is 34.2 Å². The van der Waals surface area contributed by atoms with Crippen LogP contribution in [-0.4, -0.2) is 69.2 Å². The fraction of sp³-hybridized carbons (Fsp3) is 0.280. The molecule has 16 heteroatoms. The summed E-state index contributed by atoms with van der Waals surface area (Å²) >= 11 is 0. The Morgan fingerprint density at radius 3 is 2.59 bits per heavy atom. The van der Waals surface area contributed by atoms with Crippen molar-refractivity contribution >= 4 is 17.7 Å². The third kappa shape index (κ3) is 6.84. The van der Waals surface area contributed by atoms with Crippen LogP contribution in [0.4, 0.5) is 29.3 Å². The Bertz CT molecular complexity index is 1550. The van der Waals surface area contributed by atoms with Crippen molar-refractivity contribution in [2.45, 2.75) is 19.1 Å². The van der Waals surface area contributed by atoms with E-state index in [-0.39, 0.29) is 76.9 Å². The molecule has 0 aliphatic carbocycles. The van der Waals surface area contributed by atoms with Gasteiger partial charge in [-0.3, -0.25) is 4.79 Å². The number of rotatable bonds is 10. The number of benzene rings is 1. The van der Waals surface area contributed by atoms with E-state index in [9.17, 15) is 22.4 Å². The van der Waals surface area contributed by atoms with Crippen molar-refractivity contribution in [2.75, 3.05) is 38.4 Å². The number of carbonyl (C=O) groups excluding carboxylic acids is 1. The van der Waals surface area contributed by atoms with E-state index in [2.05, 4.69) is 40.5 Å². The van der Waals surface area contributed by atoms with Gasteiger partial charge >= 0.3 is 6.18 Å². The second kappa shape index (κ2) is 12.1. The summed E-state index contributed by atoms with van der Waals surface area (Å²) in [7, 11) is 2.76. The van der Waals surface area contributed by atoms with Crippen LogP contribution in [-0.2, 0) is 15.7 Å². The van der Waals surface area contributed by atoms with Crippen molar-refractivity contribution < 1.29 is 31.8 Å². The Balaban J connectivity index is 1.73. The molecule has 0 radical (unpaired) electrons. The molecule has 3 aromatic heterocycles. The first-order valence-electron chi connectivity index (χ1n) is 12.0. The Labute approximate surface area is 230 Å². The molecule has 4 rings (SSSR count). The molecule has 0 aliphatic heterocycles. The standard InChI is InChI=1S/C25H25F4N9O3/c1-12(34-18(39)11-40-2)9-33-24-31-7-6-16(36-24)19-20(17-10-32-21(30)23(35-17)41-3)38-22(37-19)14-5-4-13(8-15(14)26)25(27,28)29/h4-8,10,12H,9,11H2,1-3H3,(H2,30,32)(H,34,39)(H,37,38)(H,31,33,36)/t12-/m0/s1. The van der Waals surface area contributed by atoms with E-state index >= 15 is 0 Å². The van der Waals surface area contributed by atoms with Gasteiger partial charge in [-0.25, -0.2) is 29.3 Å². The second-order valence-corrected chi connectivity index (χ2v) is 8.70. The van der Waals surface area contributed by atoms with Crippen LogP contribution >= 0.6 is 0 Å². The summed E-state index contributed by atoms with van der Waals surface area (Å²) in [6.45, 7) is 1.96. The van der Waals surface area contributed by atoms with Gasteiger partial charge in [-0.2, -0.15) is 13.2 Å². The number of nitrogens with zero attached hydrogens (tertiary/aromatic N) is 5. The number of ether oxygens (including phenoxy) is 2. The lowest BCUT2D eigenvalue weighted by molar-refractivity contribution is -0.137. The highest BCUT2D eigenvalue weighted by Gasteiger charge is 2.32. The summed E-state index contributed by atoms with van der Waals surface area (Å²) in [5.74, 6) is -1.29. The fourth-order valence-electron chi connectivity index (χ4n) is 3.73. The largest absolute Gasteiger partial charge is 0.478 e. The number of aromatic nitrogens is 6. The smallest absolute Gasteiger partial charge is 0.416 e. The molecule has 41 heavy (non-hydrogen) atoms. The Hall–Kier alpha value is -4.86. The van der Waals surface area contributed by atoms with Crippen LogP contribution < -0.4 is 21.1 Å². The summed E-state index contributed by atoms with van der Waals surface area (Å²) in [6.07, 6.45) is -1.95. The van der Waals surface area contributed by atoms with Gasteiger partial charge in [-0.05, 0) is 31.2 Å². The Kier molecular flexibility index (Phi) is 8.61. The number of nitrogens with one attached hydrogen (secondary N) is 3. The first-order chi connectivity index (χ1) is 19.5. The van der Waals surface area contributed by atoms with E-state index < -0.39 is 17.6 Å². The monoisotopic (exact) mass is 575 g/mol. The molecule has 4 aromatic rings. The van der Waals surface area contributed by atoms with Gasteiger partial charge in [0, 0.05) is 25.9 Å². The molecule has 0 aliphatic rings. The Morgan fingerprint density at radius 1 is 1.12 bits per heavy atom. The van der Waals surface area contributed by atoms with Crippen molar-refractivity contribution in [1.82, 2.24) is 35.2 Å². The lowest BCUT2D eigenvalue weighted by atomic mass is 10.1. The van der Waals surface area contributed by atoms with Crippen LogP contribution in [0.5, 0.6) is 5.88 Å². The highest BCUT2D eigenvalue weighted by molar-refractivity contribution is 5.79. The Morgan fingerprint density at radius 2 is 1.90 bits per heavy atom. The van der Waals surface area contributed by atoms with Crippen LogP contribution in [0.3, 0.4) is 0 Å². The van der Waals surface area contributed by atoms with E-state index in [1.165, 1.54) is 26.6 Å². The number of hydrogen-bond acceptors (Lipinski definition) is 10. The fourth-order valence-corrected chi connectivity index (χ4v) is 3.73. The highest BCUT2D eigenvalue weighted by Crippen LogP contribution is 2.36. The summed E-state index contributed by atoms with van der Waals surface area (Å²) in [4.78, 5) is 36.1. The minimum atomic E-state index is -4.72. The minimum absolute atomic E-state index is 0.00765. The molecule has 1 amide bonds. The lowest BCUT2D eigenvalue weighted by Gasteiger charge is -2.14. The maximum atomic E-state index is 14.9. The van der Waals surface area contributed by atoms with Gasteiger partial charge in [0.25, 0.3) is 5.88 Å². The number of carbonyl (C=O) groups is 1. The molecule has 3 heterocycles. The van der Waals surface area contributed by atoms with Gasteiger partial charge in [0.2, 0.25) is 11.9 Å². The second-order valence-electron chi connectivity index (χ2n) is 8.70. The molecular weight excluding hydrogens is 550 g/mol. The SMILES string of the molecule is COCC(=O)N[C@@H](C)CNc1nccc(-c2[nH]c(-c3ccc(C(F)(F)F)cc3F)nc2-c2cnc(N)c(OC)n2)n1. The van der Waals surface area contributed by atoms with E-state index in [0.29, 0.717) is 6.07 Å². The zero-order chi connectivity index (χ0) is 29.7. The molecule has 12 nitrogen and oxygen atoms in total. The van der Waals surface area contributed by atoms with Gasteiger partial charge in [0.1, 0.15) is 29.6 Å². The average molecular weight is 576 g/mol. The van der Waals surface area contributed by atoms with Gasteiger partial charge in [0.05, 0.1) is 35.8 Å². The van der Waals surface area contributed by atoms with E-state index in [0.717, 1.165) is 12.1 Å². The minimum Gasteiger partial charge on any atom is -0.478 e. The van der Waals surface area contributed by atoms with Gasteiger partial charge in [0.15, 0.2) is 5.82 Å². The van der Waals surface area contributed by atoms with Gasteiger partial charge in [-0.1, -0.05) is 0 Å². The van der Waals surface area contributed by atoms with Crippen LogP contribution in [0.1, 0.15) is 12.5 Å². The first-order valence-corrected chi connectivity index (χ1v) is 12.0. The van der Waals surface area contributed by atoms with E-state index in [1.807, 2.05) is 0 Å². The molecule has 216 valence electrons. The summed E-state index contributed by atoms with van der Waals surface area (Å²) < 4.78 is 64.1. The quantitative estimate of drug-likeness (QED) is 0.206. The van der Waals surface area contributed by atoms with Crippen molar-refractivity contribution in [2.24, 2.45) is 0 Å². The van der Waals surface area contributed by atoms with E-state index in [4.69, 9.17) is 15.2 Å². The number of methoxy groups -OCH3 is 2. The number of amides is 1. The molecule has 0 saturated carbocycles. The zero-order valence-corrected chi connectivity index (χ0v) is 22.0. The molecule has 1 atom stereocenters. The third-order valence-electron chi connectivity index (χ3n) is 5.62. The molecule has 0 fully saturated rings. The molecule has 5 N–H and O–H groups in total. The number of halogens is 4. The average Bonchev–Trinajstić information content (AvgIpc) is 3.37. The number of anilines is 2. The maximum Gasteiger partial charge on any atom is 0.416 e. The van der Waals surface area contributed by atoms with Crippen LogP contribution in [0, 0.1) is 5.82 Å². The molecular formula is C25H25F4N9O3. The molecule has 0 bridgehead atoms. The molecule has 0 unspecified atom stereocenters. The number of nitrogens with two attached hydrogens (primary N) is 1. The number of hydrogen-bond donors (Lipinski definition) is 4.